The summed E-state index contributed by atoms with van der Waals surface area (Å²) in [7, 11) is 0. The second-order valence-electron chi connectivity index (χ2n) is 13.5. The highest BCUT2D eigenvalue weighted by Crippen LogP contribution is 2.51. The van der Waals surface area contributed by atoms with E-state index < -0.39 is 12.4 Å². The van der Waals surface area contributed by atoms with Gasteiger partial charge in [-0.3, -0.25) is 17.0 Å². The minimum absolute atomic E-state index is 0.0281. The van der Waals surface area contributed by atoms with Gasteiger partial charge in [0.15, 0.2) is 0 Å². The van der Waals surface area contributed by atoms with Crippen LogP contribution >= 0.6 is 27.8 Å². The van der Waals surface area contributed by atoms with E-state index in [1.54, 1.807) is 0 Å². The number of ether oxygens (including phenoxy) is 1. The van der Waals surface area contributed by atoms with Gasteiger partial charge in [-0.05, 0) is 97.8 Å². The van der Waals surface area contributed by atoms with Crippen molar-refractivity contribution in [2.24, 2.45) is 0 Å². The van der Waals surface area contributed by atoms with Crippen molar-refractivity contribution in [3.63, 3.8) is 0 Å². The van der Waals surface area contributed by atoms with Gasteiger partial charge in [0.05, 0.1) is 0 Å². The summed E-state index contributed by atoms with van der Waals surface area (Å²) in [6.07, 6.45) is 0. The molecule has 1 atom stereocenters. The van der Waals surface area contributed by atoms with Gasteiger partial charge in [-0.25, -0.2) is 21.2 Å². The molecule has 0 radical (unpaired) electrons. The first-order chi connectivity index (χ1) is 19.1. The Morgan fingerprint density at radius 2 is 1.22 bits per heavy atom. The molecule has 0 saturated carbocycles. The molecule has 6 heteroatoms. The van der Waals surface area contributed by atoms with E-state index in [-0.39, 0.29) is 16.2 Å². The summed E-state index contributed by atoms with van der Waals surface area (Å²) in [4.78, 5) is 0. The monoisotopic (exact) mass is 711 g/mol. The third-order valence-electron chi connectivity index (χ3n) is 8.06. The fraction of sp³-hybridized carbons (Fsp3) is 0.314. The number of benzene rings is 4. The summed E-state index contributed by atoms with van der Waals surface area (Å²) in [5.41, 5.74) is 9.81. The largest absolute Gasteiger partial charge is 0.457 e. The first-order valence-corrected chi connectivity index (χ1v) is 20.4. The van der Waals surface area contributed by atoms with E-state index in [1.165, 1.54) is 33.4 Å². The molecule has 0 saturated heterocycles. The Hall–Kier alpha value is -1.92. The van der Waals surface area contributed by atoms with Crippen LogP contribution in [0.2, 0.25) is 0 Å². The van der Waals surface area contributed by atoms with Gasteiger partial charge in [0.1, 0.15) is 11.5 Å². The maximum Gasteiger partial charge on any atom is 0.128 e. The molecular formula is C35H37IO2PS2-. The van der Waals surface area contributed by atoms with Gasteiger partial charge in [-0.15, -0.1) is 0 Å². The standard InChI is InChI=1S/C35H37IO2PS2/c1-33(2,3)24-18-25(34(4,5)6)20-27(19-24)38-26-12-16-30-29-15-11-23(17-31(29)35(7,8)32(30)21-26)22-9-13-28(14-10-22)39(37)41(36)40/h9-21H,1-8H3/q-1. The molecule has 1 aliphatic carbocycles. The van der Waals surface area contributed by atoms with Crippen molar-refractivity contribution < 1.29 is 9.30 Å². The Morgan fingerprint density at radius 1 is 0.707 bits per heavy atom. The number of fused-ring (bicyclic) bond motifs is 3. The van der Waals surface area contributed by atoms with Crippen molar-refractivity contribution in [2.45, 2.75) is 71.6 Å². The molecule has 2 nitrogen and oxygen atoms in total. The second-order valence-corrected chi connectivity index (χ2v) is 25.3. The molecule has 0 bridgehead atoms. The van der Waals surface area contributed by atoms with Crippen molar-refractivity contribution in [3.8, 4) is 33.8 Å². The molecule has 0 spiro atoms. The van der Waals surface area contributed by atoms with Gasteiger partial charge < -0.3 is 9.30 Å². The smallest absolute Gasteiger partial charge is 0.128 e. The second kappa shape index (κ2) is 11.0. The fourth-order valence-electron chi connectivity index (χ4n) is 5.48. The Morgan fingerprint density at radius 3 is 1.76 bits per heavy atom. The third kappa shape index (κ3) is 6.11. The van der Waals surface area contributed by atoms with E-state index >= 15 is 0 Å². The zero-order valence-corrected chi connectivity index (χ0v) is 29.6. The minimum atomic E-state index is -1.54. The Bertz CT molecular complexity index is 1760. The zero-order chi connectivity index (χ0) is 29.9. The summed E-state index contributed by atoms with van der Waals surface area (Å²) >= 11 is 7.31. The average molecular weight is 712 g/mol. The Labute approximate surface area is 264 Å². The maximum absolute atomic E-state index is 12.5. The predicted molar refractivity (Wildman–Crippen MR) is 189 cm³/mol. The minimum Gasteiger partial charge on any atom is -0.457 e. The molecule has 0 aliphatic heterocycles. The molecule has 0 aromatic heterocycles. The molecule has 41 heavy (non-hydrogen) atoms. The maximum atomic E-state index is 12.5. The fourth-order valence-corrected chi connectivity index (χ4v) is 9.72. The van der Waals surface area contributed by atoms with Gasteiger partial charge in [-0.2, -0.15) is 0 Å². The molecule has 214 valence electrons. The first-order valence-electron chi connectivity index (χ1n) is 13.8. The molecular weight excluding hydrogens is 674 g/mol. The summed E-state index contributed by atoms with van der Waals surface area (Å²) < 4.78 is 19.0. The van der Waals surface area contributed by atoms with Crippen LogP contribution in [0.15, 0.2) is 78.9 Å². The molecule has 0 amide bonds. The first kappa shape index (κ1) is 30.5. The normalized spacial score (nSPS) is 15.2. The van der Waals surface area contributed by atoms with Crippen molar-refractivity contribution in [3.05, 3.63) is 101 Å². The van der Waals surface area contributed by atoms with E-state index in [4.69, 9.17) is 15.9 Å². The van der Waals surface area contributed by atoms with E-state index in [2.05, 4.69) is 143 Å². The van der Waals surface area contributed by atoms with E-state index in [0.29, 0.717) is 0 Å². The quantitative estimate of drug-likeness (QED) is 0.0913. The number of rotatable bonds is 4. The van der Waals surface area contributed by atoms with Gasteiger partial charge in [0, 0.05) is 17.3 Å². The van der Waals surface area contributed by atoms with Crippen molar-refractivity contribution in [1.29, 1.82) is 0 Å². The van der Waals surface area contributed by atoms with Crippen LogP contribution in [-0.2, 0) is 37.8 Å². The SMILES string of the molecule is CC(C)(C)c1cc(Oc2ccc3c(c2)C(C)(C)c2cc(-c4ccc(P(=O)=[S-](=S)I)cc4)ccc2-3)cc(C(C)(C)C)c1. The lowest BCUT2D eigenvalue weighted by Crippen LogP contribution is -2.16. The predicted octanol–water partition coefficient (Wildman–Crippen LogP) is 10.8. The number of hydrogen-bond donors (Lipinski definition) is 0. The van der Waals surface area contributed by atoms with Gasteiger partial charge >= 0.3 is 0 Å². The van der Waals surface area contributed by atoms with Crippen molar-refractivity contribution >= 4 is 50.1 Å². The lowest BCUT2D eigenvalue weighted by Gasteiger charge is -2.26. The molecule has 4 aromatic carbocycles. The number of hydrogen-bond acceptors (Lipinski definition) is 4. The molecule has 0 heterocycles. The zero-order valence-electron chi connectivity index (χ0n) is 25.0. The topological polar surface area (TPSA) is 26.3 Å². The van der Waals surface area contributed by atoms with Crippen LogP contribution in [0.1, 0.15) is 77.6 Å². The summed E-state index contributed by atoms with van der Waals surface area (Å²) in [6, 6.07) is 28.0. The summed E-state index contributed by atoms with van der Waals surface area (Å²) in [5, 5.41) is 0.820. The van der Waals surface area contributed by atoms with Crippen LogP contribution < -0.4 is 10.0 Å². The average Bonchev–Trinajstić information content (AvgIpc) is 3.13. The van der Waals surface area contributed by atoms with E-state index in [1.807, 2.05) is 12.1 Å². The highest BCUT2D eigenvalue weighted by atomic mass is 127. The highest BCUT2D eigenvalue weighted by Gasteiger charge is 2.36. The van der Waals surface area contributed by atoms with Crippen LogP contribution in [0.5, 0.6) is 11.5 Å². The van der Waals surface area contributed by atoms with E-state index in [0.717, 1.165) is 27.9 Å². The summed E-state index contributed by atoms with van der Waals surface area (Å²) in [6.45, 7) is 16.5. The van der Waals surface area contributed by atoms with Crippen molar-refractivity contribution in [1.82, 2.24) is 0 Å². The van der Waals surface area contributed by atoms with Crippen LogP contribution in [0, 0.1) is 0 Å². The van der Waals surface area contributed by atoms with Crippen LogP contribution in [-0.4, -0.2) is 0 Å². The molecule has 4 aromatic rings. The molecule has 1 unspecified atom stereocenters. The van der Waals surface area contributed by atoms with Crippen LogP contribution in [0.25, 0.3) is 22.3 Å². The van der Waals surface area contributed by atoms with Crippen LogP contribution in [0.3, 0.4) is 0 Å². The molecule has 0 N–H and O–H groups in total. The molecule has 0 fully saturated rings. The van der Waals surface area contributed by atoms with Gasteiger partial charge in [0.25, 0.3) is 0 Å². The Balaban J connectivity index is 1.49. The molecule has 1 aliphatic rings. The van der Waals surface area contributed by atoms with Gasteiger partial charge in [-0.1, -0.05) is 91.8 Å². The molecule has 5 rings (SSSR count). The highest BCUT2D eigenvalue weighted by molar-refractivity contribution is 14.2. The van der Waals surface area contributed by atoms with Gasteiger partial charge in [0.2, 0.25) is 0 Å². The lowest BCUT2D eigenvalue weighted by molar-refractivity contribution is 0.471. The lowest BCUT2D eigenvalue weighted by atomic mass is 9.80. The third-order valence-corrected chi connectivity index (χ3v) is 14.9. The van der Waals surface area contributed by atoms with Crippen LogP contribution in [0.4, 0.5) is 0 Å². The van der Waals surface area contributed by atoms with Crippen molar-refractivity contribution in [2.75, 3.05) is 0 Å². The summed E-state index contributed by atoms with van der Waals surface area (Å²) in [5.74, 6) is 1.17. The number of halogens is 1. The van der Waals surface area contributed by atoms with E-state index in [9.17, 15) is 4.57 Å². The Kier molecular flexibility index (Phi) is 8.17.